The molecule has 0 aliphatic carbocycles. The Bertz CT molecular complexity index is 537. The van der Waals surface area contributed by atoms with Crippen molar-refractivity contribution in [2.75, 3.05) is 37.0 Å². The fourth-order valence-corrected chi connectivity index (χ4v) is 2.66. The van der Waals surface area contributed by atoms with Gasteiger partial charge in [-0.1, -0.05) is 12.8 Å². The zero-order chi connectivity index (χ0) is 15.9. The molecule has 0 bridgehead atoms. The SMILES string of the molecule is COCC(=O)Nc1ccc(N2CCCCCC2)cc1C(=O)O. The van der Waals surface area contributed by atoms with E-state index in [9.17, 15) is 14.7 Å². The number of carbonyl (C=O) groups excluding carboxylic acids is 1. The van der Waals surface area contributed by atoms with Gasteiger partial charge in [-0.15, -0.1) is 0 Å². The van der Waals surface area contributed by atoms with Crippen LogP contribution in [0.3, 0.4) is 0 Å². The quantitative estimate of drug-likeness (QED) is 0.873. The first-order chi connectivity index (χ1) is 10.6. The monoisotopic (exact) mass is 306 g/mol. The van der Waals surface area contributed by atoms with Crippen molar-refractivity contribution in [2.45, 2.75) is 25.7 Å². The molecule has 22 heavy (non-hydrogen) atoms. The summed E-state index contributed by atoms with van der Waals surface area (Å²) >= 11 is 0. The molecule has 1 amide bonds. The number of hydrogen-bond donors (Lipinski definition) is 2. The molecule has 6 nitrogen and oxygen atoms in total. The van der Waals surface area contributed by atoms with Gasteiger partial charge in [-0.25, -0.2) is 4.79 Å². The second-order valence-electron chi connectivity index (χ2n) is 5.42. The number of carboxylic acid groups (broad SMARTS) is 1. The maximum absolute atomic E-state index is 11.6. The van der Waals surface area contributed by atoms with Crippen LogP contribution in [0.15, 0.2) is 18.2 Å². The third kappa shape index (κ3) is 4.21. The lowest BCUT2D eigenvalue weighted by Gasteiger charge is -2.23. The van der Waals surface area contributed by atoms with Crippen molar-refractivity contribution < 1.29 is 19.4 Å². The predicted octanol–water partition coefficient (Wildman–Crippen LogP) is 2.35. The fraction of sp³-hybridized carbons (Fsp3) is 0.500. The Kier molecular flexibility index (Phi) is 5.77. The summed E-state index contributed by atoms with van der Waals surface area (Å²) in [5.41, 5.74) is 1.29. The van der Waals surface area contributed by atoms with Crippen LogP contribution in [0.5, 0.6) is 0 Å². The highest BCUT2D eigenvalue weighted by Crippen LogP contribution is 2.25. The third-order valence-electron chi connectivity index (χ3n) is 3.75. The number of aromatic carboxylic acids is 1. The number of nitrogens with one attached hydrogen (secondary N) is 1. The number of amides is 1. The minimum Gasteiger partial charge on any atom is -0.478 e. The maximum Gasteiger partial charge on any atom is 0.337 e. The number of methoxy groups -OCH3 is 1. The number of nitrogens with zero attached hydrogens (tertiary/aromatic N) is 1. The molecule has 1 aromatic rings. The van der Waals surface area contributed by atoms with Crippen LogP contribution in [0.25, 0.3) is 0 Å². The van der Waals surface area contributed by atoms with Crippen LogP contribution in [0.2, 0.25) is 0 Å². The van der Waals surface area contributed by atoms with Gasteiger partial charge in [0, 0.05) is 25.9 Å². The van der Waals surface area contributed by atoms with Gasteiger partial charge in [-0.3, -0.25) is 4.79 Å². The molecule has 0 saturated carbocycles. The lowest BCUT2D eigenvalue weighted by molar-refractivity contribution is -0.119. The molecule has 2 N–H and O–H groups in total. The summed E-state index contributed by atoms with van der Waals surface area (Å²) in [6, 6.07) is 5.15. The minimum absolute atomic E-state index is 0.103. The van der Waals surface area contributed by atoms with Crippen molar-refractivity contribution in [3.63, 3.8) is 0 Å². The number of benzene rings is 1. The Labute approximate surface area is 130 Å². The van der Waals surface area contributed by atoms with Crippen molar-refractivity contribution in [1.29, 1.82) is 0 Å². The van der Waals surface area contributed by atoms with E-state index in [2.05, 4.69) is 10.2 Å². The summed E-state index contributed by atoms with van der Waals surface area (Å²) in [6.07, 6.45) is 4.67. The van der Waals surface area contributed by atoms with Crippen LogP contribution in [0.4, 0.5) is 11.4 Å². The zero-order valence-electron chi connectivity index (χ0n) is 12.8. The second-order valence-corrected chi connectivity index (χ2v) is 5.42. The van der Waals surface area contributed by atoms with Crippen molar-refractivity contribution in [2.24, 2.45) is 0 Å². The van der Waals surface area contributed by atoms with E-state index < -0.39 is 5.97 Å². The van der Waals surface area contributed by atoms with E-state index in [1.165, 1.54) is 20.0 Å². The third-order valence-corrected chi connectivity index (χ3v) is 3.75. The number of ether oxygens (including phenoxy) is 1. The van der Waals surface area contributed by atoms with E-state index in [0.29, 0.717) is 5.69 Å². The van der Waals surface area contributed by atoms with E-state index in [1.54, 1.807) is 12.1 Å². The van der Waals surface area contributed by atoms with E-state index >= 15 is 0 Å². The van der Waals surface area contributed by atoms with Crippen LogP contribution in [0, 0.1) is 0 Å². The molecule has 1 saturated heterocycles. The van der Waals surface area contributed by atoms with E-state index in [0.717, 1.165) is 31.6 Å². The molecule has 0 radical (unpaired) electrons. The Morgan fingerprint density at radius 2 is 1.91 bits per heavy atom. The van der Waals surface area contributed by atoms with Gasteiger partial charge in [-0.2, -0.15) is 0 Å². The Balaban J connectivity index is 2.22. The highest BCUT2D eigenvalue weighted by atomic mass is 16.5. The van der Waals surface area contributed by atoms with Gasteiger partial charge in [0.2, 0.25) is 5.91 Å². The second kappa shape index (κ2) is 7.79. The van der Waals surface area contributed by atoms with Crippen LogP contribution in [0.1, 0.15) is 36.0 Å². The molecule has 1 fully saturated rings. The number of carbonyl (C=O) groups is 2. The largest absolute Gasteiger partial charge is 0.478 e. The summed E-state index contributed by atoms with van der Waals surface area (Å²) < 4.78 is 4.74. The first-order valence-electron chi connectivity index (χ1n) is 7.53. The summed E-state index contributed by atoms with van der Waals surface area (Å²) in [7, 11) is 1.42. The zero-order valence-corrected chi connectivity index (χ0v) is 12.8. The normalized spacial score (nSPS) is 15.2. The molecule has 2 rings (SSSR count). The molecular weight excluding hydrogens is 284 g/mol. The summed E-state index contributed by atoms with van der Waals surface area (Å²) in [4.78, 5) is 25.3. The Morgan fingerprint density at radius 1 is 1.23 bits per heavy atom. The van der Waals surface area contributed by atoms with Gasteiger partial charge in [0.25, 0.3) is 0 Å². The smallest absolute Gasteiger partial charge is 0.337 e. The molecule has 0 aromatic heterocycles. The summed E-state index contributed by atoms with van der Waals surface area (Å²) in [5.74, 6) is -1.42. The highest BCUT2D eigenvalue weighted by molar-refractivity contribution is 6.01. The molecule has 1 aliphatic rings. The van der Waals surface area contributed by atoms with E-state index in [4.69, 9.17) is 4.74 Å². The molecule has 0 atom stereocenters. The topological polar surface area (TPSA) is 78.9 Å². The summed E-state index contributed by atoms with van der Waals surface area (Å²) in [5, 5.41) is 12.0. The Morgan fingerprint density at radius 3 is 2.50 bits per heavy atom. The highest BCUT2D eigenvalue weighted by Gasteiger charge is 2.16. The summed E-state index contributed by atoms with van der Waals surface area (Å²) in [6.45, 7) is 1.77. The van der Waals surface area contributed by atoms with E-state index in [-0.39, 0.29) is 18.1 Å². The van der Waals surface area contributed by atoms with Crippen molar-refractivity contribution in [3.05, 3.63) is 23.8 Å². The van der Waals surface area contributed by atoms with Crippen LogP contribution in [-0.2, 0) is 9.53 Å². The van der Waals surface area contributed by atoms with Gasteiger partial charge in [-0.05, 0) is 31.0 Å². The number of anilines is 2. The number of rotatable bonds is 5. The minimum atomic E-state index is -1.05. The number of carboxylic acids is 1. The van der Waals surface area contributed by atoms with Crippen molar-refractivity contribution in [1.82, 2.24) is 0 Å². The molecule has 1 aliphatic heterocycles. The van der Waals surface area contributed by atoms with Gasteiger partial charge < -0.3 is 20.1 Å². The lowest BCUT2D eigenvalue weighted by Crippen LogP contribution is -2.24. The molecule has 6 heteroatoms. The molecule has 0 unspecified atom stereocenters. The van der Waals surface area contributed by atoms with Gasteiger partial charge in [0.05, 0.1) is 11.3 Å². The van der Waals surface area contributed by atoms with Gasteiger partial charge >= 0.3 is 5.97 Å². The van der Waals surface area contributed by atoms with Crippen LogP contribution in [-0.4, -0.2) is 43.8 Å². The molecule has 120 valence electrons. The first-order valence-corrected chi connectivity index (χ1v) is 7.53. The van der Waals surface area contributed by atoms with Crippen molar-refractivity contribution >= 4 is 23.3 Å². The molecule has 1 heterocycles. The average molecular weight is 306 g/mol. The lowest BCUT2D eigenvalue weighted by atomic mass is 10.1. The standard InChI is InChI=1S/C16H22N2O4/c1-22-11-15(19)17-14-7-6-12(10-13(14)16(20)21)18-8-4-2-3-5-9-18/h6-7,10H,2-5,8-9,11H2,1H3,(H,17,19)(H,20,21). The predicted molar refractivity (Wildman–Crippen MR) is 84.6 cm³/mol. The van der Waals surface area contributed by atoms with Gasteiger partial charge in [0.15, 0.2) is 0 Å². The van der Waals surface area contributed by atoms with E-state index in [1.807, 2.05) is 6.07 Å². The van der Waals surface area contributed by atoms with Crippen LogP contribution < -0.4 is 10.2 Å². The van der Waals surface area contributed by atoms with Crippen molar-refractivity contribution in [3.8, 4) is 0 Å². The average Bonchev–Trinajstić information content (AvgIpc) is 2.76. The Hall–Kier alpha value is -2.08. The number of hydrogen-bond acceptors (Lipinski definition) is 4. The maximum atomic E-state index is 11.6. The molecular formula is C16H22N2O4. The molecule has 0 spiro atoms. The first kappa shape index (κ1) is 16.3. The molecule has 1 aromatic carbocycles. The fourth-order valence-electron chi connectivity index (χ4n) is 2.66. The van der Waals surface area contributed by atoms with Crippen LogP contribution >= 0.6 is 0 Å². The van der Waals surface area contributed by atoms with Gasteiger partial charge in [0.1, 0.15) is 6.61 Å².